The van der Waals surface area contributed by atoms with Crippen molar-refractivity contribution in [1.82, 2.24) is 15.5 Å². The fraction of sp³-hybridized carbons (Fsp3) is 0.545. The minimum atomic E-state index is -0.302. The molecule has 1 amide bonds. The molecule has 2 N–H and O–H groups in total. The highest BCUT2D eigenvalue weighted by molar-refractivity contribution is 5.85. The molecule has 1 aliphatic carbocycles. The van der Waals surface area contributed by atoms with Gasteiger partial charge in [0.1, 0.15) is 0 Å². The van der Waals surface area contributed by atoms with Crippen molar-refractivity contribution in [3.63, 3.8) is 0 Å². The molecule has 6 heteroatoms. The molecule has 1 heterocycles. The Hall–Kier alpha value is -2.50. The van der Waals surface area contributed by atoms with Crippen molar-refractivity contribution in [3.05, 3.63) is 42.0 Å². The number of hydrogen-bond donors (Lipinski definition) is 2. The normalized spacial score (nSPS) is 18.4. The first-order chi connectivity index (χ1) is 13.5. The second-order valence-corrected chi connectivity index (χ2v) is 8.01. The van der Waals surface area contributed by atoms with Crippen LogP contribution in [0.5, 0.6) is 0 Å². The Kier molecular flexibility index (Phi) is 6.60. The summed E-state index contributed by atoms with van der Waals surface area (Å²) >= 11 is 0. The van der Waals surface area contributed by atoms with E-state index in [2.05, 4.69) is 56.9 Å². The molecule has 1 saturated carbocycles. The Bertz CT molecular complexity index is 726. The number of hydrogen-bond acceptors (Lipinski definition) is 3. The van der Waals surface area contributed by atoms with Crippen LogP contribution < -0.4 is 15.5 Å². The van der Waals surface area contributed by atoms with Crippen LogP contribution in [0.1, 0.15) is 31.2 Å². The minimum Gasteiger partial charge on any atom is -0.364 e. The molecule has 0 unspecified atom stereocenters. The van der Waals surface area contributed by atoms with Gasteiger partial charge in [0.2, 0.25) is 5.91 Å². The first-order valence-corrected chi connectivity index (χ1v) is 10.2. The summed E-state index contributed by atoms with van der Waals surface area (Å²) in [5.41, 5.74) is 2.16. The van der Waals surface area contributed by atoms with E-state index < -0.39 is 0 Å². The van der Waals surface area contributed by atoms with Gasteiger partial charge in [-0.2, -0.15) is 0 Å². The van der Waals surface area contributed by atoms with Gasteiger partial charge in [-0.15, -0.1) is 0 Å². The Labute approximate surface area is 168 Å². The Balaban J connectivity index is 1.56. The van der Waals surface area contributed by atoms with E-state index in [1.165, 1.54) is 11.3 Å². The summed E-state index contributed by atoms with van der Waals surface area (Å²) in [5.74, 6) is 0.964. The molecule has 2 aliphatic rings. The highest BCUT2D eigenvalue weighted by Gasteiger charge is 2.42. The standard InChI is InChI=1S/C22H33N5O/c1-23-21(25-17-22(11-4-5-12-22)20(28)26(2)3)24-16-18-9-8-10-19(15-18)27-13-6-7-14-27/h6-10,15H,4-5,11-14,16-17H2,1-3H3,(H2,23,24,25). The van der Waals surface area contributed by atoms with Gasteiger partial charge in [0.05, 0.1) is 5.41 Å². The van der Waals surface area contributed by atoms with Crippen molar-refractivity contribution in [1.29, 1.82) is 0 Å². The van der Waals surface area contributed by atoms with Crippen LogP contribution in [0.2, 0.25) is 0 Å². The van der Waals surface area contributed by atoms with E-state index in [1.54, 1.807) is 11.9 Å². The number of benzene rings is 1. The van der Waals surface area contributed by atoms with E-state index in [4.69, 9.17) is 0 Å². The molecule has 0 aromatic heterocycles. The topological polar surface area (TPSA) is 60.0 Å². The maximum Gasteiger partial charge on any atom is 0.230 e. The van der Waals surface area contributed by atoms with E-state index >= 15 is 0 Å². The average molecular weight is 384 g/mol. The van der Waals surface area contributed by atoms with Gasteiger partial charge in [0.25, 0.3) is 0 Å². The minimum absolute atomic E-state index is 0.222. The molecular formula is C22H33N5O. The van der Waals surface area contributed by atoms with Gasteiger partial charge in [-0.1, -0.05) is 37.1 Å². The van der Waals surface area contributed by atoms with Crippen LogP contribution in [-0.4, -0.2) is 57.5 Å². The van der Waals surface area contributed by atoms with Crippen LogP contribution in [0.15, 0.2) is 41.4 Å². The van der Waals surface area contributed by atoms with Crippen LogP contribution >= 0.6 is 0 Å². The maximum absolute atomic E-state index is 12.7. The molecule has 3 rings (SSSR count). The fourth-order valence-corrected chi connectivity index (χ4v) is 4.20. The van der Waals surface area contributed by atoms with Gasteiger partial charge in [0.15, 0.2) is 5.96 Å². The summed E-state index contributed by atoms with van der Waals surface area (Å²) in [5, 5.41) is 6.79. The fourth-order valence-electron chi connectivity index (χ4n) is 4.20. The SMILES string of the molecule is CN=C(NCc1cccc(N2CC=CC2)c1)NCC1(C(=O)N(C)C)CCCC1. The largest absolute Gasteiger partial charge is 0.364 e. The van der Waals surface area contributed by atoms with E-state index in [9.17, 15) is 4.79 Å². The van der Waals surface area contributed by atoms with Gasteiger partial charge >= 0.3 is 0 Å². The summed E-state index contributed by atoms with van der Waals surface area (Å²) in [6.45, 7) is 3.27. The molecule has 0 spiro atoms. The van der Waals surface area contributed by atoms with E-state index in [-0.39, 0.29) is 11.3 Å². The summed E-state index contributed by atoms with van der Waals surface area (Å²) in [4.78, 5) is 21.1. The van der Waals surface area contributed by atoms with Crippen molar-refractivity contribution < 1.29 is 4.79 Å². The van der Waals surface area contributed by atoms with Crippen LogP contribution in [0.25, 0.3) is 0 Å². The Morgan fingerprint density at radius 2 is 1.89 bits per heavy atom. The zero-order chi connectivity index (χ0) is 20.0. The number of guanidine groups is 1. The number of rotatable bonds is 6. The molecule has 28 heavy (non-hydrogen) atoms. The average Bonchev–Trinajstić information content (AvgIpc) is 3.40. The maximum atomic E-state index is 12.7. The van der Waals surface area contributed by atoms with Crippen LogP contribution in [0.4, 0.5) is 5.69 Å². The molecule has 0 atom stereocenters. The predicted molar refractivity (Wildman–Crippen MR) is 116 cm³/mol. The highest BCUT2D eigenvalue weighted by atomic mass is 16.2. The molecule has 1 aromatic rings. The van der Waals surface area contributed by atoms with E-state index in [0.29, 0.717) is 13.1 Å². The molecule has 0 saturated heterocycles. The summed E-state index contributed by atoms with van der Waals surface area (Å²) in [6, 6.07) is 8.60. The third-order valence-corrected chi connectivity index (χ3v) is 5.79. The van der Waals surface area contributed by atoms with E-state index in [1.807, 2.05) is 14.1 Å². The van der Waals surface area contributed by atoms with Crippen molar-refractivity contribution in [2.75, 3.05) is 45.7 Å². The lowest BCUT2D eigenvalue weighted by Gasteiger charge is -2.31. The van der Waals surface area contributed by atoms with Crippen molar-refractivity contribution in [3.8, 4) is 0 Å². The lowest BCUT2D eigenvalue weighted by molar-refractivity contribution is -0.138. The number of amides is 1. The first kappa shape index (κ1) is 20.2. The highest BCUT2D eigenvalue weighted by Crippen LogP contribution is 2.38. The molecule has 0 bridgehead atoms. The van der Waals surface area contributed by atoms with Crippen LogP contribution in [-0.2, 0) is 11.3 Å². The quantitative estimate of drug-likeness (QED) is 0.450. The molecule has 0 radical (unpaired) electrons. The molecule has 1 fully saturated rings. The number of carbonyl (C=O) groups excluding carboxylic acids is 1. The molecule has 1 aromatic carbocycles. The third kappa shape index (κ3) is 4.66. The van der Waals surface area contributed by atoms with Gasteiger partial charge in [-0.05, 0) is 30.5 Å². The molecule has 6 nitrogen and oxygen atoms in total. The lowest BCUT2D eigenvalue weighted by atomic mass is 9.84. The smallest absolute Gasteiger partial charge is 0.230 e. The second-order valence-electron chi connectivity index (χ2n) is 8.01. The summed E-state index contributed by atoms with van der Waals surface area (Å²) < 4.78 is 0. The number of carbonyl (C=O) groups is 1. The first-order valence-electron chi connectivity index (χ1n) is 10.2. The monoisotopic (exact) mass is 383 g/mol. The number of aliphatic imine (C=N–C) groups is 1. The molecule has 1 aliphatic heterocycles. The van der Waals surface area contributed by atoms with Crippen LogP contribution in [0, 0.1) is 5.41 Å². The summed E-state index contributed by atoms with van der Waals surface area (Å²) in [6.07, 6.45) is 8.52. The van der Waals surface area contributed by atoms with E-state index in [0.717, 1.165) is 44.7 Å². The predicted octanol–water partition coefficient (Wildman–Crippen LogP) is 2.38. The molecule has 152 valence electrons. The number of anilines is 1. The van der Waals surface area contributed by atoms with Crippen molar-refractivity contribution >= 4 is 17.6 Å². The van der Waals surface area contributed by atoms with Gasteiger partial charge in [-0.3, -0.25) is 9.79 Å². The van der Waals surface area contributed by atoms with Crippen molar-refractivity contribution in [2.45, 2.75) is 32.2 Å². The summed E-state index contributed by atoms with van der Waals surface area (Å²) in [7, 11) is 5.47. The molecular weight excluding hydrogens is 350 g/mol. The van der Waals surface area contributed by atoms with Gasteiger partial charge in [-0.25, -0.2) is 0 Å². The zero-order valence-corrected chi connectivity index (χ0v) is 17.4. The Morgan fingerprint density at radius 1 is 1.18 bits per heavy atom. The Morgan fingerprint density at radius 3 is 2.54 bits per heavy atom. The third-order valence-electron chi connectivity index (χ3n) is 5.79. The number of nitrogens with one attached hydrogen (secondary N) is 2. The van der Waals surface area contributed by atoms with Crippen LogP contribution in [0.3, 0.4) is 0 Å². The second kappa shape index (κ2) is 9.13. The van der Waals surface area contributed by atoms with Crippen molar-refractivity contribution in [2.24, 2.45) is 10.4 Å². The van der Waals surface area contributed by atoms with Gasteiger partial charge in [0, 0.05) is 53.0 Å². The zero-order valence-electron chi connectivity index (χ0n) is 17.4. The van der Waals surface area contributed by atoms with Gasteiger partial charge < -0.3 is 20.4 Å². The number of nitrogens with zero attached hydrogens (tertiary/aromatic N) is 3. The lowest BCUT2D eigenvalue weighted by Crippen LogP contribution is -2.49.